The third kappa shape index (κ3) is 6.16. The first kappa shape index (κ1) is 18.8. The molecular formula is C20H32N2O2. The normalized spacial score (nSPS) is 16.2. The molecule has 1 aliphatic heterocycles. The summed E-state index contributed by atoms with van der Waals surface area (Å²) in [6, 6.07) is 8.46. The van der Waals surface area contributed by atoms with Crippen LogP contribution in [-0.2, 0) is 11.3 Å². The largest absolute Gasteiger partial charge is 0.396 e. The highest BCUT2D eigenvalue weighted by molar-refractivity contribution is 5.75. The van der Waals surface area contributed by atoms with Gasteiger partial charge < -0.3 is 15.3 Å². The molecule has 0 radical (unpaired) electrons. The molecule has 1 heterocycles. The van der Waals surface area contributed by atoms with E-state index in [1.807, 2.05) is 0 Å². The summed E-state index contributed by atoms with van der Waals surface area (Å²) in [5.74, 6) is 0.587. The van der Waals surface area contributed by atoms with Crippen molar-refractivity contribution in [3.63, 3.8) is 0 Å². The van der Waals surface area contributed by atoms with Crippen LogP contribution in [0.2, 0.25) is 0 Å². The molecule has 1 aromatic carbocycles. The molecule has 0 unspecified atom stereocenters. The van der Waals surface area contributed by atoms with Crippen molar-refractivity contribution >= 4 is 11.6 Å². The molecule has 1 saturated heterocycles. The number of piperidine rings is 1. The molecule has 4 nitrogen and oxygen atoms in total. The number of amides is 1. The molecule has 0 atom stereocenters. The van der Waals surface area contributed by atoms with E-state index >= 15 is 0 Å². The zero-order valence-electron chi connectivity index (χ0n) is 15.3. The van der Waals surface area contributed by atoms with E-state index < -0.39 is 0 Å². The number of nitrogens with one attached hydrogen (secondary N) is 1. The monoisotopic (exact) mass is 332 g/mol. The van der Waals surface area contributed by atoms with E-state index in [4.69, 9.17) is 0 Å². The van der Waals surface area contributed by atoms with Crippen molar-refractivity contribution in [1.29, 1.82) is 0 Å². The minimum atomic E-state index is 0.125. The van der Waals surface area contributed by atoms with Crippen LogP contribution in [0.3, 0.4) is 0 Å². The summed E-state index contributed by atoms with van der Waals surface area (Å²) in [5, 5.41) is 12.2. The van der Waals surface area contributed by atoms with Crippen molar-refractivity contribution in [3.05, 3.63) is 29.8 Å². The van der Waals surface area contributed by atoms with Gasteiger partial charge in [0.15, 0.2) is 0 Å². The van der Waals surface area contributed by atoms with E-state index in [0.717, 1.165) is 37.9 Å². The van der Waals surface area contributed by atoms with Crippen LogP contribution in [0.4, 0.5) is 5.69 Å². The van der Waals surface area contributed by atoms with Gasteiger partial charge in [0, 0.05) is 38.3 Å². The highest BCUT2D eigenvalue weighted by Gasteiger charge is 2.18. The second-order valence-electron chi connectivity index (χ2n) is 8.12. The first-order valence-corrected chi connectivity index (χ1v) is 9.09. The summed E-state index contributed by atoms with van der Waals surface area (Å²) >= 11 is 0. The zero-order valence-corrected chi connectivity index (χ0v) is 15.3. The Kier molecular flexibility index (Phi) is 6.67. The lowest BCUT2D eigenvalue weighted by Gasteiger charge is -2.33. The Morgan fingerprint density at radius 1 is 1.21 bits per heavy atom. The number of carbonyl (C=O) groups is 1. The average Bonchev–Trinajstić information content (AvgIpc) is 2.58. The number of hydrogen-bond acceptors (Lipinski definition) is 3. The van der Waals surface area contributed by atoms with Crippen LogP contribution in [-0.4, -0.2) is 30.7 Å². The third-order valence-corrected chi connectivity index (χ3v) is 4.77. The lowest BCUT2D eigenvalue weighted by atomic mass is 9.90. The molecule has 0 aliphatic carbocycles. The number of carbonyl (C=O) groups excluding carboxylic acids is 1. The van der Waals surface area contributed by atoms with Crippen molar-refractivity contribution in [2.45, 2.75) is 53.0 Å². The van der Waals surface area contributed by atoms with E-state index in [-0.39, 0.29) is 11.3 Å². The average molecular weight is 332 g/mol. The van der Waals surface area contributed by atoms with E-state index in [1.165, 1.54) is 5.69 Å². The van der Waals surface area contributed by atoms with Gasteiger partial charge in [-0.15, -0.1) is 0 Å². The Labute approximate surface area is 146 Å². The predicted molar refractivity (Wildman–Crippen MR) is 99.0 cm³/mol. The van der Waals surface area contributed by atoms with E-state index in [1.54, 1.807) is 0 Å². The second-order valence-corrected chi connectivity index (χ2v) is 8.12. The topological polar surface area (TPSA) is 52.6 Å². The fraction of sp³-hybridized carbons (Fsp3) is 0.650. The van der Waals surface area contributed by atoms with Gasteiger partial charge in [-0.25, -0.2) is 0 Å². The fourth-order valence-electron chi connectivity index (χ4n) is 2.98. The number of hydrogen-bond donors (Lipinski definition) is 2. The van der Waals surface area contributed by atoms with Crippen LogP contribution in [0.1, 0.15) is 52.0 Å². The number of aliphatic hydroxyl groups is 1. The summed E-state index contributed by atoms with van der Waals surface area (Å²) in [5.41, 5.74) is 2.56. The van der Waals surface area contributed by atoms with Gasteiger partial charge in [-0.05, 0) is 48.3 Å². The smallest absolute Gasteiger partial charge is 0.220 e. The summed E-state index contributed by atoms with van der Waals surface area (Å²) in [6.07, 6.45) is 3.60. The maximum Gasteiger partial charge on any atom is 0.220 e. The van der Waals surface area contributed by atoms with Crippen molar-refractivity contribution < 1.29 is 9.90 Å². The number of nitrogens with zero attached hydrogens (tertiary/aromatic N) is 1. The van der Waals surface area contributed by atoms with Crippen molar-refractivity contribution in [2.75, 3.05) is 24.6 Å². The summed E-state index contributed by atoms with van der Waals surface area (Å²) in [6.45, 7) is 9.38. The molecule has 2 N–H and O–H groups in total. The standard InChI is InChI=1S/C20H32N2O2/c1-20(2,3)11-8-19(24)21-14-16-4-6-18(7-5-16)22-12-9-17(15-23)10-13-22/h4-7,17,23H,8-15H2,1-3H3,(H,21,24). The van der Waals surface area contributed by atoms with Gasteiger partial charge in [0.2, 0.25) is 5.91 Å². The van der Waals surface area contributed by atoms with Gasteiger partial charge >= 0.3 is 0 Å². The summed E-state index contributed by atoms with van der Waals surface area (Å²) in [4.78, 5) is 14.3. The van der Waals surface area contributed by atoms with Gasteiger partial charge in [0.25, 0.3) is 0 Å². The summed E-state index contributed by atoms with van der Waals surface area (Å²) < 4.78 is 0. The van der Waals surface area contributed by atoms with Gasteiger partial charge in [-0.3, -0.25) is 4.79 Å². The van der Waals surface area contributed by atoms with E-state index in [0.29, 0.717) is 25.5 Å². The van der Waals surface area contributed by atoms with E-state index in [2.05, 4.69) is 55.3 Å². The molecular weight excluding hydrogens is 300 g/mol. The number of aliphatic hydroxyl groups excluding tert-OH is 1. The van der Waals surface area contributed by atoms with Gasteiger partial charge in [-0.2, -0.15) is 0 Å². The van der Waals surface area contributed by atoms with Crippen LogP contribution >= 0.6 is 0 Å². The molecule has 4 heteroatoms. The van der Waals surface area contributed by atoms with Crippen LogP contribution in [0, 0.1) is 11.3 Å². The summed E-state index contributed by atoms with van der Waals surface area (Å²) in [7, 11) is 0. The lowest BCUT2D eigenvalue weighted by molar-refractivity contribution is -0.121. The van der Waals surface area contributed by atoms with E-state index in [9.17, 15) is 9.90 Å². The first-order chi connectivity index (χ1) is 11.4. The molecule has 24 heavy (non-hydrogen) atoms. The van der Waals surface area contributed by atoms with Gasteiger partial charge in [-0.1, -0.05) is 32.9 Å². The van der Waals surface area contributed by atoms with Gasteiger partial charge in [0.05, 0.1) is 0 Å². The van der Waals surface area contributed by atoms with Crippen LogP contribution in [0.15, 0.2) is 24.3 Å². The van der Waals surface area contributed by atoms with Gasteiger partial charge in [0.1, 0.15) is 0 Å². The highest BCUT2D eigenvalue weighted by atomic mass is 16.3. The Morgan fingerprint density at radius 2 is 1.83 bits per heavy atom. The van der Waals surface area contributed by atoms with Crippen molar-refractivity contribution in [2.24, 2.45) is 11.3 Å². The molecule has 1 amide bonds. The van der Waals surface area contributed by atoms with Crippen molar-refractivity contribution in [1.82, 2.24) is 5.32 Å². The fourth-order valence-corrected chi connectivity index (χ4v) is 2.98. The Morgan fingerprint density at radius 3 is 2.38 bits per heavy atom. The Balaban J connectivity index is 1.77. The third-order valence-electron chi connectivity index (χ3n) is 4.77. The molecule has 1 aliphatic rings. The predicted octanol–water partition coefficient (Wildman–Crippen LogP) is 3.34. The SMILES string of the molecule is CC(C)(C)CCC(=O)NCc1ccc(N2CCC(CO)CC2)cc1. The van der Waals surface area contributed by atoms with Crippen LogP contribution in [0.5, 0.6) is 0 Å². The molecule has 0 saturated carbocycles. The minimum Gasteiger partial charge on any atom is -0.396 e. The molecule has 1 fully saturated rings. The number of rotatable bonds is 6. The molecule has 2 rings (SSSR count). The lowest BCUT2D eigenvalue weighted by Crippen LogP contribution is -2.34. The van der Waals surface area contributed by atoms with Crippen molar-refractivity contribution in [3.8, 4) is 0 Å². The maximum atomic E-state index is 11.9. The highest BCUT2D eigenvalue weighted by Crippen LogP contribution is 2.23. The molecule has 134 valence electrons. The quantitative estimate of drug-likeness (QED) is 0.840. The Hall–Kier alpha value is -1.55. The van der Waals surface area contributed by atoms with Crippen LogP contribution < -0.4 is 10.2 Å². The number of anilines is 1. The van der Waals surface area contributed by atoms with Crippen LogP contribution in [0.25, 0.3) is 0 Å². The molecule has 0 bridgehead atoms. The molecule has 0 aromatic heterocycles. The molecule has 0 spiro atoms. The maximum absolute atomic E-state index is 11.9. The first-order valence-electron chi connectivity index (χ1n) is 9.09. The minimum absolute atomic E-state index is 0.125. The number of benzene rings is 1. The second kappa shape index (κ2) is 8.52. The molecule has 1 aromatic rings. The zero-order chi connectivity index (χ0) is 17.6. The Bertz CT molecular complexity index is 511.